The zero-order chi connectivity index (χ0) is 13.0. The van der Waals surface area contributed by atoms with Crippen LogP contribution in [0.4, 0.5) is 0 Å². The second-order valence-electron chi connectivity index (χ2n) is 4.83. The summed E-state index contributed by atoms with van der Waals surface area (Å²) >= 11 is 0. The van der Waals surface area contributed by atoms with E-state index in [4.69, 9.17) is 5.21 Å². The van der Waals surface area contributed by atoms with Crippen molar-refractivity contribution in [2.24, 2.45) is 16.1 Å². The number of carbonyl (C=O) groups excluding carboxylic acids is 1. The van der Waals surface area contributed by atoms with Gasteiger partial charge in [0.05, 0.1) is 13.1 Å². The summed E-state index contributed by atoms with van der Waals surface area (Å²) in [4.78, 5) is 28.3. The van der Waals surface area contributed by atoms with Crippen molar-refractivity contribution in [2.75, 3.05) is 13.1 Å². The lowest BCUT2D eigenvalue weighted by Gasteiger charge is -2.32. The standard InChI is InChI=1S/C11H18N4O3/c16-11(8-4-2-1-3-5-8)15-6-9(13-17)12-10(7-15)14-18/h8-9,18H,1-7H2,(H,12,14). The average Bonchev–Trinajstić information content (AvgIpc) is 2.46. The number of hydrogen-bond donors (Lipinski definition) is 2. The summed E-state index contributed by atoms with van der Waals surface area (Å²) in [5.74, 6) is 0.310. The molecule has 7 nitrogen and oxygen atoms in total. The molecule has 100 valence electrons. The van der Waals surface area contributed by atoms with Gasteiger partial charge in [-0.15, -0.1) is 4.91 Å². The first-order valence-electron chi connectivity index (χ1n) is 6.32. The van der Waals surface area contributed by atoms with Crippen molar-refractivity contribution >= 4 is 11.7 Å². The van der Waals surface area contributed by atoms with E-state index in [1.807, 2.05) is 5.48 Å². The largest absolute Gasteiger partial charge is 0.331 e. The van der Waals surface area contributed by atoms with Crippen molar-refractivity contribution in [1.29, 1.82) is 0 Å². The third-order valence-corrected chi connectivity index (χ3v) is 3.55. The fourth-order valence-electron chi connectivity index (χ4n) is 2.60. The number of aliphatic imine (C=N–C) groups is 1. The van der Waals surface area contributed by atoms with Crippen molar-refractivity contribution in [3.8, 4) is 0 Å². The summed E-state index contributed by atoms with van der Waals surface area (Å²) in [5, 5.41) is 11.7. The predicted molar refractivity (Wildman–Crippen MR) is 65.1 cm³/mol. The lowest BCUT2D eigenvalue weighted by Crippen LogP contribution is -2.49. The number of amidine groups is 1. The smallest absolute Gasteiger partial charge is 0.226 e. The summed E-state index contributed by atoms with van der Waals surface area (Å²) in [7, 11) is 0. The van der Waals surface area contributed by atoms with Crippen LogP contribution in [0.2, 0.25) is 0 Å². The number of rotatable bonds is 2. The summed E-state index contributed by atoms with van der Waals surface area (Å²) in [6, 6.07) is 0. The third-order valence-electron chi connectivity index (χ3n) is 3.55. The SMILES string of the molecule is O=NC1CN(C(=O)C2CCCCC2)CC(NO)=N1. The van der Waals surface area contributed by atoms with Gasteiger partial charge in [-0.1, -0.05) is 19.3 Å². The zero-order valence-electron chi connectivity index (χ0n) is 10.2. The van der Waals surface area contributed by atoms with Crippen molar-refractivity contribution in [1.82, 2.24) is 10.4 Å². The minimum absolute atomic E-state index is 0.0455. The van der Waals surface area contributed by atoms with Crippen molar-refractivity contribution in [2.45, 2.75) is 38.3 Å². The maximum Gasteiger partial charge on any atom is 0.226 e. The first-order valence-corrected chi connectivity index (χ1v) is 6.32. The Morgan fingerprint density at radius 2 is 2.11 bits per heavy atom. The van der Waals surface area contributed by atoms with Crippen LogP contribution in [0.3, 0.4) is 0 Å². The molecule has 2 N–H and O–H groups in total. The number of nitroso groups, excluding NO2 is 1. The molecular weight excluding hydrogens is 236 g/mol. The van der Waals surface area contributed by atoms with Crippen LogP contribution in [0, 0.1) is 10.8 Å². The molecule has 0 saturated heterocycles. The third kappa shape index (κ3) is 2.84. The summed E-state index contributed by atoms with van der Waals surface area (Å²) in [5.41, 5.74) is 1.91. The van der Waals surface area contributed by atoms with Gasteiger partial charge in [-0.3, -0.25) is 15.5 Å². The highest BCUT2D eigenvalue weighted by molar-refractivity contribution is 5.89. The van der Waals surface area contributed by atoms with Crippen LogP contribution >= 0.6 is 0 Å². The van der Waals surface area contributed by atoms with E-state index >= 15 is 0 Å². The Labute approximate surface area is 105 Å². The topological polar surface area (TPSA) is 94.4 Å². The number of carbonyl (C=O) groups is 1. The fourth-order valence-corrected chi connectivity index (χ4v) is 2.60. The Morgan fingerprint density at radius 3 is 2.72 bits per heavy atom. The van der Waals surface area contributed by atoms with Gasteiger partial charge in [0, 0.05) is 5.92 Å². The number of hydroxylamine groups is 1. The molecular formula is C11H18N4O3. The highest BCUT2D eigenvalue weighted by Crippen LogP contribution is 2.26. The highest BCUT2D eigenvalue weighted by atomic mass is 16.5. The van der Waals surface area contributed by atoms with Crippen LogP contribution < -0.4 is 5.48 Å². The van der Waals surface area contributed by atoms with Gasteiger partial charge < -0.3 is 4.90 Å². The van der Waals surface area contributed by atoms with Crippen molar-refractivity contribution in [3.63, 3.8) is 0 Å². The molecule has 1 heterocycles. The number of nitrogens with one attached hydrogen (secondary N) is 1. The fraction of sp³-hybridized carbons (Fsp3) is 0.818. The van der Waals surface area contributed by atoms with E-state index in [-0.39, 0.29) is 30.8 Å². The Bertz CT molecular complexity index is 352. The van der Waals surface area contributed by atoms with Crippen LogP contribution in [0.25, 0.3) is 0 Å². The molecule has 0 aromatic heterocycles. The second-order valence-corrected chi connectivity index (χ2v) is 4.83. The molecule has 18 heavy (non-hydrogen) atoms. The van der Waals surface area contributed by atoms with Gasteiger partial charge >= 0.3 is 0 Å². The van der Waals surface area contributed by atoms with Gasteiger partial charge in [0.1, 0.15) is 5.84 Å². The van der Waals surface area contributed by atoms with Gasteiger partial charge in [-0.05, 0) is 18.0 Å². The average molecular weight is 254 g/mol. The summed E-state index contributed by atoms with van der Waals surface area (Å²) in [6.07, 6.45) is 4.35. The molecule has 1 amide bonds. The second kappa shape index (κ2) is 5.90. The maximum atomic E-state index is 12.3. The molecule has 1 unspecified atom stereocenters. The maximum absolute atomic E-state index is 12.3. The minimum Gasteiger partial charge on any atom is -0.331 e. The van der Waals surface area contributed by atoms with Gasteiger partial charge in [0.25, 0.3) is 0 Å². The zero-order valence-corrected chi connectivity index (χ0v) is 10.2. The predicted octanol–water partition coefficient (Wildman–Crippen LogP) is 0.879. The molecule has 1 saturated carbocycles. The highest BCUT2D eigenvalue weighted by Gasteiger charge is 2.31. The Hall–Kier alpha value is -1.50. The molecule has 0 aromatic carbocycles. The minimum atomic E-state index is -0.819. The molecule has 1 aliphatic carbocycles. The Kier molecular flexibility index (Phi) is 4.24. The van der Waals surface area contributed by atoms with E-state index in [0.29, 0.717) is 0 Å². The Balaban J connectivity index is 2.01. The molecule has 0 aromatic rings. The molecule has 1 aliphatic heterocycles. The molecule has 0 radical (unpaired) electrons. The van der Waals surface area contributed by atoms with Gasteiger partial charge in [0.2, 0.25) is 12.1 Å². The Morgan fingerprint density at radius 1 is 1.39 bits per heavy atom. The quantitative estimate of drug-likeness (QED) is 0.565. The molecule has 0 bridgehead atoms. The lowest BCUT2D eigenvalue weighted by molar-refractivity contribution is -0.136. The van der Waals surface area contributed by atoms with E-state index in [1.54, 1.807) is 4.90 Å². The van der Waals surface area contributed by atoms with Crippen molar-refractivity contribution < 1.29 is 10.0 Å². The number of amides is 1. The van der Waals surface area contributed by atoms with E-state index in [1.165, 1.54) is 6.42 Å². The van der Waals surface area contributed by atoms with Crippen LogP contribution in [-0.2, 0) is 4.79 Å². The molecule has 7 heteroatoms. The molecule has 0 spiro atoms. The van der Waals surface area contributed by atoms with E-state index < -0.39 is 6.17 Å². The molecule has 2 aliphatic rings. The number of hydrogen-bond acceptors (Lipinski definition) is 6. The van der Waals surface area contributed by atoms with Crippen LogP contribution in [0.1, 0.15) is 32.1 Å². The van der Waals surface area contributed by atoms with Gasteiger partial charge in [0.15, 0.2) is 0 Å². The first-order chi connectivity index (χ1) is 8.74. The van der Waals surface area contributed by atoms with E-state index in [9.17, 15) is 9.70 Å². The van der Waals surface area contributed by atoms with Crippen LogP contribution in [-0.4, -0.2) is 41.1 Å². The molecule has 1 fully saturated rings. The monoisotopic (exact) mass is 254 g/mol. The summed E-state index contributed by atoms with van der Waals surface area (Å²) < 4.78 is 0. The normalized spacial score (nSPS) is 25.5. The first kappa shape index (κ1) is 12.9. The van der Waals surface area contributed by atoms with E-state index in [0.717, 1.165) is 25.7 Å². The van der Waals surface area contributed by atoms with Gasteiger partial charge in [-0.25, -0.2) is 4.99 Å². The molecule has 2 rings (SSSR count). The van der Waals surface area contributed by atoms with Gasteiger partial charge in [-0.2, -0.15) is 0 Å². The number of nitrogens with zero attached hydrogens (tertiary/aromatic N) is 3. The van der Waals surface area contributed by atoms with Crippen molar-refractivity contribution in [3.05, 3.63) is 4.91 Å². The van der Waals surface area contributed by atoms with Crippen LogP contribution in [0.5, 0.6) is 0 Å². The summed E-state index contributed by atoms with van der Waals surface area (Å²) in [6.45, 7) is 0.432. The van der Waals surface area contributed by atoms with E-state index in [2.05, 4.69) is 10.2 Å². The lowest BCUT2D eigenvalue weighted by atomic mass is 9.88. The molecule has 1 atom stereocenters. The van der Waals surface area contributed by atoms with Crippen LogP contribution in [0.15, 0.2) is 10.2 Å².